The highest BCUT2D eigenvalue weighted by Gasteiger charge is 2.64. The molecule has 0 radical (unpaired) electrons. The molecule has 29 heteroatoms. The minimum absolute atomic E-state index is 0.00462. The molecule has 4 aliphatic carbocycles. The number of hydrogen-bond acceptors (Lipinski definition) is 27. The number of aliphatic hydroxyl groups excluding tert-OH is 12. The number of carbonyl (C=O) groups is 1. The lowest BCUT2D eigenvalue weighted by molar-refractivity contribution is -0.398. The highest BCUT2D eigenvalue weighted by atomic mass is 32.3. The Balaban J connectivity index is 0.982. The molecule has 33 atom stereocenters. The molecule has 0 amide bonds. The number of fused-ring (bicyclic) bond motifs is 5. The van der Waals surface area contributed by atoms with Crippen LogP contribution in [0, 0.1) is 40.4 Å². The molecule has 0 aromatic carbocycles. The third-order valence-corrected chi connectivity index (χ3v) is 20.8. The first-order chi connectivity index (χ1) is 39.7. The Kier molecular flexibility index (Phi) is 20.8. The van der Waals surface area contributed by atoms with Crippen LogP contribution in [0.5, 0.6) is 0 Å². The fourth-order valence-corrected chi connectivity index (χ4v) is 16.3. The van der Waals surface area contributed by atoms with Gasteiger partial charge < -0.3 is 114 Å². The van der Waals surface area contributed by atoms with E-state index < -0.39 is 206 Å². The van der Waals surface area contributed by atoms with Gasteiger partial charge in [0.2, 0.25) is 0 Å². The molecule has 28 nitrogen and oxygen atoms in total. The molecule has 0 bridgehead atoms. The molecule has 9 rings (SSSR count). The summed E-state index contributed by atoms with van der Waals surface area (Å²) in [5.74, 6) is -0.799. The van der Waals surface area contributed by atoms with Crippen molar-refractivity contribution >= 4 is 16.2 Å². The summed E-state index contributed by atoms with van der Waals surface area (Å²) in [7, 11) is -4.88. The molecule has 0 aromatic heterocycles. The van der Waals surface area contributed by atoms with E-state index in [2.05, 4.69) is 19.9 Å². The van der Waals surface area contributed by atoms with Crippen molar-refractivity contribution in [3.63, 3.8) is 0 Å². The molecule has 5 heterocycles. The lowest BCUT2D eigenvalue weighted by Gasteiger charge is -2.60. The molecule has 5 saturated heterocycles. The zero-order chi connectivity index (χ0) is 62.3. The van der Waals surface area contributed by atoms with Crippen molar-refractivity contribution in [2.24, 2.45) is 40.4 Å². The zero-order valence-corrected chi connectivity index (χ0v) is 50.0. The number of ketones is 1. The number of allylic oxidation sites excluding steroid dienone is 2. The summed E-state index contributed by atoms with van der Waals surface area (Å²) in [6.45, 7) is 12.6. The average molecular weight is 1250 g/mol. The van der Waals surface area contributed by atoms with E-state index in [1.807, 2.05) is 13.8 Å². The SMILES string of the molecule is CC(C)CC(=O)C[C@](C)(O)[C@H]1CCC2C3C[C@H](OC4OC(C)C(O)C(OC5OCC(OC6OC(CO)C(O)C(O)C6OC6OC(C)C(O)C(O)C6O)C(O)C5OC5OC(C)C(O)C(O)C5O)C4O)C4C[C@@H](OS(=O)(=O)O)CC[C@]4(C)C3=CC[C@@]21C. The first-order valence-corrected chi connectivity index (χ1v) is 31.3. The standard InChI is InChI=1S/C56H92O28S/c1-21(2)15-25(58)18-56(8,70)34-10-9-28-27-17-31(30-16-26(84-85(71,72)73)11-13-54(30,6)29(27)12-14-55(28,34)7)78-51-45(69)46(37(61)24(5)77-51)81-52-47(82-49-43(67)40(64)35(59)22(3)75-49)39(63)33(20-74-52)80-53-48(42(66)38(62)32(19-57)79-53)83-50-44(68)41(65)36(60)23(4)76-50/h12,21-24,26-28,30-53,57,59-70H,9-11,13-20H2,1-8H3,(H,71,72,73)/t22?,23?,24?,26-,27?,28?,30?,31-,32?,33?,34-,35?,36?,37?,38?,39?,40?,41?,42?,43?,44?,45?,46?,47?,48?,49?,50?,51?,52?,53?,54+,55-,56-/m0/s1. The van der Waals surface area contributed by atoms with E-state index in [-0.39, 0.29) is 48.7 Å². The van der Waals surface area contributed by atoms with Crippen LogP contribution in [0.25, 0.3) is 0 Å². The lowest BCUT2D eigenvalue weighted by atomic mass is 9.47. The van der Waals surface area contributed by atoms with Gasteiger partial charge in [0.25, 0.3) is 0 Å². The number of hydrogen-bond donors (Lipinski definition) is 14. The van der Waals surface area contributed by atoms with Crippen molar-refractivity contribution in [1.82, 2.24) is 0 Å². The third kappa shape index (κ3) is 13.5. The highest BCUT2D eigenvalue weighted by molar-refractivity contribution is 7.80. The van der Waals surface area contributed by atoms with Crippen molar-refractivity contribution < 1.29 is 136 Å². The second-order valence-corrected chi connectivity index (χ2v) is 27.7. The topological polar surface area (TPSA) is 436 Å². The quantitative estimate of drug-likeness (QED) is 0.0491. The van der Waals surface area contributed by atoms with E-state index >= 15 is 0 Å². The summed E-state index contributed by atoms with van der Waals surface area (Å²) in [6.07, 6.45) is -37.1. The van der Waals surface area contributed by atoms with Crippen LogP contribution >= 0.6 is 0 Å². The molecular formula is C56H92O28S. The lowest BCUT2D eigenvalue weighted by Crippen LogP contribution is -2.67. The van der Waals surface area contributed by atoms with Gasteiger partial charge in [-0.15, -0.1) is 0 Å². The van der Waals surface area contributed by atoms with Gasteiger partial charge in [-0.05, 0) is 113 Å². The third-order valence-electron chi connectivity index (χ3n) is 20.3. The molecule has 27 unspecified atom stereocenters. The van der Waals surface area contributed by atoms with Crippen LogP contribution in [0.3, 0.4) is 0 Å². The Hall–Kier alpha value is -1.64. The number of ether oxygens (including phenoxy) is 10. The molecule has 0 aromatic rings. The maximum atomic E-state index is 13.2. The average Bonchev–Trinajstić information content (AvgIpc) is 1.71. The van der Waals surface area contributed by atoms with Crippen LogP contribution in [0.2, 0.25) is 0 Å². The minimum atomic E-state index is -4.88. The zero-order valence-electron chi connectivity index (χ0n) is 49.1. The van der Waals surface area contributed by atoms with Crippen molar-refractivity contribution in [3.05, 3.63) is 11.6 Å². The number of rotatable bonds is 18. The number of aliphatic hydroxyl groups is 13. The molecule has 0 spiro atoms. The van der Waals surface area contributed by atoms with Crippen molar-refractivity contribution in [1.29, 1.82) is 0 Å². The monoisotopic (exact) mass is 1240 g/mol. The second-order valence-electron chi connectivity index (χ2n) is 26.7. The largest absolute Gasteiger partial charge is 0.397 e. The van der Waals surface area contributed by atoms with Crippen molar-refractivity contribution in [3.8, 4) is 0 Å². The smallest absolute Gasteiger partial charge is 0.394 e. The van der Waals surface area contributed by atoms with Crippen molar-refractivity contribution in [2.75, 3.05) is 13.2 Å². The van der Waals surface area contributed by atoms with Gasteiger partial charge >= 0.3 is 10.4 Å². The van der Waals surface area contributed by atoms with Crippen LogP contribution in [-0.2, 0) is 66.7 Å². The molecule has 85 heavy (non-hydrogen) atoms. The van der Waals surface area contributed by atoms with Gasteiger partial charge in [0.15, 0.2) is 31.5 Å². The van der Waals surface area contributed by atoms with E-state index in [0.29, 0.717) is 32.1 Å². The maximum absolute atomic E-state index is 13.2. The van der Waals surface area contributed by atoms with E-state index in [9.17, 15) is 84.1 Å². The van der Waals surface area contributed by atoms with Gasteiger partial charge in [0, 0.05) is 12.8 Å². The van der Waals surface area contributed by atoms with Crippen LogP contribution < -0.4 is 0 Å². The van der Waals surface area contributed by atoms with E-state index in [1.165, 1.54) is 20.8 Å². The van der Waals surface area contributed by atoms with E-state index in [1.54, 1.807) is 6.92 Å². The van der Waals surface area contributed by atoms with Crippen LogP contribution in [-0.4, -0.2) is 264 Å². The minimum Gasteiger partial charge on any atom is -0.394 e. The highest BCUT2D eigenvalue weighted by Crippen LogP contribution is 2.67. The Morgan fingerprint density at radius 3 is 1.78 bits per heavy atom. The normalized spacial score (nSPS) is 51.3. The van der Waals surface area contributed by atoms with Crippen molar-refractivity contribution in [2.45, 2.75) is 278 Å². The molecule has 14 N–H and O–H groups in total. The first kappa shape index (κ1) is 67.7. The van der Waals surface area contributed by atoms with E-state index in [4.69, 9.17) is 51.6 Å². The molecule has 5 aliphatic heterocycles. The Bertz CT molecular complexity index is 2420. The summed E-state index contributed by atoms with van der Waals surface area (Å²) in [5, 5.41) is 145. The summed E-state index contributed by atoms with van der Waals surface area (Å²) < 4.78 is 100. The molecule has 9 aliphatic rings. The molecular weight excluding hydrogens is 1150 g/mol. The predicted molar refractivity (Wildman–Crippen MR) is 286 cm³/mol. The van der Waals surface area contributed by atoms with Crippen LogP contribution in [0.4, 0.5) is 0 Å². The Labute approximate surface area is 494 Å². The summed E-state index contributed by atoms with van der Waals surface area (Å²) >= 11 is 0. The fraction of sp³-hybridized carbons (Fsp3) is 0.946. The molecule has 3 saturated carbocycles. The van der Waals surface area contributed by atoms with Gasteiger partial charge in [-0.25, -0.2) is 4.18 Å². The van der Waals surface area contributed by atoms with Gasteiger partial charge in [-0.1, -0.05) is 39.3 Å². The predicted octanol–water partition coefficient (Wildman–Crippen LogP) is -2.68. The van der Waals surface area contributed by atoms with Gasteiger partial charge in [-0.3, -0.25) is 9.35 Å². The summed E-state index contributed by atoms with van der Waals surface area (Å²) in [6, 6.07) is 0. The van der Waals surface area contributed by atoms with Gasteiger partial charge in [0.05, 0.1) is 49.3 Å². The molecule has 490 valence electrons. The number of carbonyl (C=O) groups excluding carboxylic acids is 1. The second kappa shape index (κ2) is 26.2. The summed E-state index contributed by atoms with van der Waals surface area (Å²) in [4.78, 5) is 13.2. The van der Waals surface area contributed by atoms with E-state index in [0.717, 1.165) is 12.0 Å². The molecule has 8 fully saturated rings. The van der Waals surface area contributed by atoms with Crippen LogP contribution in [0.1, 0.15) is 113 Å². The number of Topliss-reactive ketones (excluding diaryl/α,β-unsaturated/α-hetero) is 1. The van der Waals surface area contributed by atoms with Gasteiger partial charge in [0.1, 0.15) is 103 Å². The summed E-state index contributed by atoms with van der Waals surface area (Å²) in [5.41, 5.74) is -1.26. The Morgan fingerprint density at radius 2 is 1.20 bits per heavy atom. The van der Waals surface area contributed by atoms with Crippen LogP contribution in [0.15, 0.2) is 11.6 Å². The first-order valence-electron chi connectivity index (χ1n) is 29.9. The Morgan fingerprint density at radius 1 is 0.647 bits per heavy atom. The van der Waals surface area contributed by atoms with Gasteiger partial charge in [-0.2, -0.15) is 8.42 Å². The fourth-order valence-electron chi connectivity index (χ4n) is 15.8. The maximum Gasteiger partial charge on any atom is 0.397 e.